The Labute approximate surface area is 120 Å². The van der Waals surface area contributed by atoms with Crippen LogP contribution < -0.4 is 5.32 Å². The highest BCUT2D eigenvalue weighted by molar-refractivity contribution is 5.94. The van der Waals surface area contributed by atoms with Gasteiger partial charge in [0.25, 0.3) is 5.91 Å². The number of furan rings is 1. The van der Waals surface area contributed by atoms with Crippen molar-refractivity contribution < 1.29 is 9.21 Å². The van der Waals surface area contributed by atoms with Gasteiger partial charge >= 0.3 is 0 Å². The number of amides is 1. The molecule has 0 radical (unpaired) electrons. The Kier molecular flexibility index (Phi) is 4.28. The molecule has 0 spiro atoms. The van der Waals surface area contributed by atoms with E-state index in [1.807, 2.05) is 30.3 Å². The molecule has 3 heteroatoms. The summed E-state index contributed by atoms with van der Waals surface area (Å²) in [7, 11) is 0. The summed E-state index contributed by atoms with van der Waals surface area (Å²) in [5.41, 5.74) is 3.13. The molecule has 0 atom stereocenters. The second-order valence-corrected chi connectivity index (χ2v) is 5.96. The van der Waals surface area contributed by atoms with Crippen molar-refractivity contribution in [1.82, 2.24) is 5.32 Å². The van der Waals surface area contributed by atoms with Gasteiger partial charge in [0.1, 0.15) is 0 Å². The van der Waals surface area contributed by atoms with Gasteiger partial charge in [0.05, 0.1) is 12.5 Å². The van der Waals surface area contributed by atoms with Crippen molar-refractivity contribution in [2.24, 2.45) is 0 Å². The van der Waals surface area contributed by atoms with Crippen molar-refractivity contribution in [3.05, 3.63) is 59.5 Å². The lowest BCUT2D eigenvalue weighted by atomic mass is 9.87. The van der Waals surface area contributed by atoms with Crippen molar-refractivity contribution in [3.8, 4) is 0 Å². The van der Waals surface area contributed by atoms with Gasteiger partial charge < -0.3 is 9.73 Å². The third-order valence-corrected chi connectivity index (χ3v) is 3.29. The van der Waals surface area contributed by atoms with Crippen LogP contribution >= 0.6 is 0 Å². The second kappa shape index (κ2) is 5.95. The largest absolute Gasteiger partial charge is 0.472 e. The number of rotatable bonds is 4. The second-order valence-electron chi connectivity index (χ2n) is 5.96. The maximum Gasteiger partial charge on any atom is 0.251 e. The van der Waals surface area contributed by atoms with Crippen LogP contribution in [0.15, 0.2) is 47.3 Å². The third-order valence-electron chi connectivity index (χ3n) is 3.29. The summed E-state index contributed by atoms with van der Waals surface area (Å²) in [6, 6.07) is 9.71. The molecule has 0 fully saturated rings. The maximum absolute atomic E-state index is 12.0. The average Bonchev–Trinajstić information content (AvgIpc) is 2.91. The van der Waals surface area contributed by atoms with E-state index in [-0.39, 0.29) is 11.3 Å². The topological polar surface area (TPSA) is 42.2 Å². The fourth-order valence-corrected chi connectivity index (χ4v) is 1.98. The summed E-state index contributed by atoms with van der Waals surface area (Å²) in [6.45, 7) is 7.09. The predicted molar refractivity (Wildman–Crippen MR) is 79.9 cm³/mol. The molecule has 0 aliphatic heterocycles. The van der Waals surface area contributed by atoms with Crippen LogP contribution in [0.3, 0.4) is 0 Å². The van der Waals surface area contributed by atoms with Gasteiger partial charge in [-0.25, -0.2) is 0 Å². The van der Waals surface area contributed by atoms with Crippen LogP contribution in [0.2, 0.25) is 0 Å². The molecule has 20 heavy (non-hydrogen) atoms. The first-order valence-electron chi connectivity index (χ1n) is 6.86. The minimum atomic E-state index is -0.0334. The zero-order chi connectivity index (χ0) is 14.6. The fourth-order valence-electron chi connectivity index (χ4n) is 1.98. The third kappa shape index (κ3) is 3.73. The number of nitrogens with one attached hydrogen (secondary N) is 1. The van der Waals surface area contributed by atoms with E-state index in [0.29, 0.717) is 12.1 Å². The molecule has 1 N–H and O–H groups in total. The Morgan fingerprint density at radius 3 is 2.40 bits per heavy atom. The van der Waals surface area contributed by atoms with Gasteiger partial charge in [-0.2, -0.15) is 0 Å². The summed E-state index contributed by atoms with van der Waals surface area (Å²) >= 11 is 0. The number of carbonyl (C=O) groups is 1. The summed E-state index contributed by atoms with van der Waals surface area (Å²) in [5.74, 6) is -0.0334. The van der Waals surface area contributed by atoms with Crippen LogP contribution in [0.4, 0.5) is 0 Å². The summed E-state index contributed by atoms with van der Waals surface area (Å²) < 4.78 is 4.99. The molecule has 2 aromatic rings. The van der Waals surface area contributed by atoms with Crippen LogP contribution in [0, 0.1) is 0 Å². The smallest absolute Gasteiger partial charge is 0.251 e. The molecule has 1 aromatic heterocycles. The lowest BCUT2D eigenvalue weighted by molar-refractivity contribution is 0.0954. The molecule has 0 saturated carbocycles. The minimum Gasteiger partial charge on any atom is -0.472 e. The van der Waals surface area contributed by atoms with Crippen LogP contribution in [0.5, 0.6) is 0 Å². The molecule has 1 heterocycles. The van der Waals surface area contributed by atoms with E-state index in [1.54, 1.807) is 12.5 Å². The van der Waals surface area contributed by atoms with Crippen molar-refractivity contribution >= 4 is 5.91 Å². The lowest BCUT2D eigenvalue weighted by Gasteiger charge is -2.19. The Morgan fingerprint density at radius 1 is 1.15 bits per heavy atom. The number of hydrogen-bond donors (Lipinski definition) is 1. The van der Waals surface area contributed by atoms with Crippen LogP contribution in [-0.4, -0.2) is 12.5 Å². The summed E-state index contributed by atoms with van der Waals surface area (Å²) in [4.78, 5) is 12.0. The van der Waals surface area contributed by atoms with Crippen molar-refractivity contribution in [1.29, 1.82) is 0 Å². The Morgan fingerprint density at radius 2 is 1.85 bits per heavy atom. The Balaban J connectivity index is 1.89. The SMILES string of the molecule is CC(C)(C)c1ccc(C(=O)NCCc2ccoc2)cc1. The van der Waals surface area contributed by atoms with E-state index in [0.717, 1.165) is 12.0 Å². The molecule has 1 aromatic carbocycles. The molecular weight excluding hydrogens is 250 g/mol. The van der Waals surface area contributed by atoms with Gasteiger partial charge in [-0.3, -0.25) is 4.79 Å². The molecule has 0 unspecified atom stereocenters. The molecule has 2 rings (SSSR count). The zero-order valence-electron chi connectivity index (χ0n) is 12.3. The molecule has 0 bridgehead atoms. The average molecular weight is 271 g/mol. The normalized spacial score (nSPS) is 11.3. The molecule has 0 aliphatic carbocycles. The van der Waals surface area contributed by atoms with Gasteiger partial charge in [-0.05, 0) is 41.2 Å². The quantitative estimate of drug-likeness (QED) is 0.924. The first-order valence-corrected chi connectivity index (χ1v) is 6.86. The number of carbonyl (C=O) groups excluding carboxylic acids is 1. The number of benzene rings is 1. The van der Waals surface area contributed by atoms with Crippen LogP contribution in [0.25, 0.3) is 0 Å². The van der Waals surface area contributed by atoms with E-state index in [9.17, 15) is 4.79 Å². The minimum absolute atomic E-state index is 0.0334. The highest BCUT2D eigenvalue weighted by Crippen LogP contribution is 2.22. The molecule has 106 valence electrons. The number of hydrogen-bond acceptors (Lipinski definition) is 2. The molecule has 3 nitrogen and oxygen atoms in total. The first kappa shape index (κ1) is 14.4. The molecule has 0 saturated heterocycles. The Hall–Kier alpha value is -2.03. The molecular formula is C17H21NO2. The van der Waals surface area contributed by atoms with Crippen molar-refractivity contribution in [2.75, 3.05) is 6.54 Å². The van der Waals surface area contributed by atoms with Crippen molar-refractivity contribution in [2.45, 2.75) is 32.6 Å². The fraction of sp³-hybridized carbons (Fsp3) is 0.353. The van der Waals surface area contributed by atoms with Gasteiger partial charge in [0, 0.05) is 12.1 Å². The highest BCUT2D eigenvalue weighted by Gasteiger charge is 2.14. The standard InChI is InChI=1S/C17H21NO2/c1-17(2,3)15-6-4-14(5-7-15)16(19)18-10-8-13-9-11-20-12-13/h4-7,9,11-12H,8,10H2,1-3H3,(H,18,19). The van der Waals surface area contributed by atoms with Gasteiger partial charge in [0.15, 0.2) is 0 Å². The summed E-state index contributed by atoms with van der Waals surface area (Å²) in [5, 5.41) is 2.91. The van der Waals surface area contributed by atoms with E-state index < -0.39 is 0 Å². The monoisotopic (exact) mass is 271 g/mol. The van der Waals surface area contributed by atoms with E-state index in [2.05, 4.69) is 26.1 Å². The predicted octanol–water partition coefficient (Wildman–Crippen LogP) is 3.55. The van der Waals surface area contributed by atoms with Gasteiger partial charge in [0.2, 0.25) is 0 Å². The highest BCUT2D eigenvalue weighted by atomic mass is 16.3. The van der Waals surface area contributed by atoms with E-state index in [1.165, 1.54) is 5.56 Å². The van der Waals surface area contributed by atoms with Gasteiger partial charge in [-0.1, -0.05) is 32.9 Å². The molecule has 0 aliphatic rings. The lowest BCUT2D eigenvalue weighted by Crippen LogP contribution is -2.25. The van der Waals surface area contributed by atoms with Gasteiger partial charge in [-0.15, -0.1) is 0 Å². The Bertz CT molecular complexity index is 548. The van der Waals surface area contributed by atoms with Crippen molar-refractivity contribution in [3.63, 3.8) is 0 Å². The maximum atomic E-state index is 12.0. The molecule has 1 amide bonds. The van der Waals surface area contributed by atoms with Crippen LogP contribution in [0.1, 0.15) is 42.3 Å². The first-order chi connectivity index (χ1) is 9.47. The zero-order valence-corrected chi connectivity index (χ0v) is 12.3. The van der Waals surface area contributed by atoms with E-state index >= 15 is 0 Å². The summed E-state index contributed by atoms with van der Waals surface area (Å²) in [6.07, 6.45) is 4.12. The van der Waals surface area contributed by atoms with E-state index in [4.69, 9.17) is 4.42 Å². The van der Waals surface area contributed by atoms with Crippen LogP contribution in [-0.2, 0) is 11.8 Å².